The lowest BCUT2D eigenvalue weighted by Gasteiger charge is -2.23. The largest absolute Gasteiger partial charge is 0.348 e. The van der Waals surface area contributed by atoms with Gasteiger partial charge in [-0.05, 0) is 61.3 Å². The minimum Gasteiger partial charge on any atom is -0.348 e. The molecule has 0 radical (unpaired) electrons. The van der Waals surface area contributed by atoms with E-state index in [1.807, 2.05) is 7.05 Å². The van der Waals surface area contributed by atoms with Gasteiger partial charge in [-0.3, -0.25) is 0 Å². The minimum atomic E-state index is 0.743. The highest BCUT2D eigenvalue weighted by Crippen LogP contribution is 2.17. The Labute approximate surface area is 132 Å². The highest BCUT2D eigenvalue weighted by atomic mass is 32.1. The zero-order chi connectivity index (χ0) is 15.4. The second-order valence-electron chi connectivity index (χ2n) is 5.53. The highest BCUT2D eigenvalue weighted by Gasteiger charge is 2.08. The number of benzene rings is 2. The van der Waals surface area contributed by atoms with E-state index in [4.69, 9.17) is 12.2 Å². The van der Waals surface area contributed by atoms with Crippen molar-refractivity contribution in [1.29, 1.82) is 0 Å². The van der Waals surface area contributed by atoms with Gasteiger partial charge in [0.25, 0.3) is 0 Å². The fourth-order valence-corrected chi connectivity index (χ4v) is 2.37. The molecule has 21 heavy (non-hydrogen) atoms. The summed E-state index contributed by atoms with van der Waals surface area (Å²) >= 11 is 5.52. The molecule has 0 aliphatic carbocycles. The van der Waals surface area contributed by atoms with E-state index in [9.17, 15) is 0 Å². The Hall–Kier alpha value is -1.87. The van der Waals surface area contributed by atoms with E-state index in [1.165, 1.54) is 22.3 Å². The third-order valence-electron chi connectivity index (χ3n) is 3.65. The maximum atomic E-state index is 5.52. The molecule has 2 aromatic carbocycles. The number of thiocarbonyl (C=S) groups is 1. The van der Waals surface area contributed by atoms with Crippen LogP contribution in [0.2, 0.25) is 0 Å². The van der Waals surface area contributed by atoms with Gasteiger partial charge in [0.15, 0.2) is 5.11 Å². The van der Waals surface area contributed by atoms with Gasteiger partial charge in [-0.2, -0.15) is 0 Å². The van der Waals surface area contributed by atoms with Crippen molar-refractivity contribution in [1.82, 2.24) is 4.90 Å². The van der Waals surface area contributed by atoms with E-state index in [2.05, 4.69) is 73.5 Å². The molecule has 2 aromatic rings. The topological polar surface area (TPSA) is 15.3 Å². The molecule has 0 aromatic heterocycles. The van der Waals surface area contributed by atoms with Gasteiger partial charge >= 0.3 is 0 Å². The molecule has 0 amide bonds. The molecular formula is C18H22N2S. The van der Waals surface area contributed by atoms with E-state index in [0.29, 0.717) is 0 Å². The Morgan fingerprint density at radius 3 is 2.48 bits per heavy atom. The Morgan fingerprint density at radius 2 is 1.76 bits per heavy atom. The zero-order valence-electron chi connectivity index (χ0n) is 13.1. The molecule has 0 heterocycles. The van der Waals surface area contributed by atoms with E-state index in [0.717, 1.165) is 17.3 Å². The van der Waals surface area contributed by atoms with Gasteiger partial charge in [-0.15, -0.1) is 0 Å². The molecule has 0 aliphatic rings. The number of anilines is 1. The maximum Gasteiger partial charge on any atom is 0.173 e. The van der Waals surface area contributed by atoms with Gasteiger partial charge in [0.05, 0.1) is 0 Å². The molecule has 0 aliphatic heterocycles. The van der Waals surface area contributed by atoms with Gasteiger partial charge < -0.3 is 10.2 Å². The highest BCUT2D eigenvalue weighted by molar-refractivity contribution is 7.80. The van der Waals surface area contributed by atoms with E-state index in [-0.39, 0.29) is 0 Å². The van der Waals surface area contributed by atoms with Crippen molar-refractivity contribution < 1.29 is 0 Å². The van der Waals surface area contributed by atoms with Crippen LogP contribution in [0.4, 0.5) is 5.69 Å². The third-order valence-corrected chi connectivity index (χ3v) is 4.06. The van der Waals surface area contributed by atoms with Gasteiger partial charge in [-0.25, -0.2) is 0 Å². The van der Waals surface area contributed by atoms with Crippen LogP contribution in [0.25, 0.3) is 0 Å². The van der Waals surface area contributed by atoms with Gasteiger partial charge in [-0.1, -0.05) is 36.4 Å². The molecule has 2 nitrogen and oxygen atoms in total. The van der Waals surface area contributed by atoms with Gasteiger partial charge in [0.2, 0.25) is 0 Å². The quantitative estimate of drug-likeness (QED) is 0.843. The fourth-order valence-electron chi connectivity index (χ4n) is 2.20. The monoisotopic (exact) mass is 298 g/mol. The molecule has 0 unspecified atom stereocenters. The lowest BCUT2D eigenvalue weighted by molar-refractivity contribution is 0.507. The first-order chi connectivity index (χ1) is 9.97. The molecule has 0 saturated carbocycles. The second kappa shape index (κ2) is 6.72. The van der Waals surface area contributed by atoms with Crippen LogP contribution in [-0.2, 0) is 6.54 Å². The van der Waals surface area contributed by atoms with Crippen molar-refractivity contribution in [3.63, 3.8) is 0 Å². The molecule has 0 atom stereocenters. The normalized spacial score (nSPS) is 10.3. The van der Waals surface area contributed by atoms with Gasteiger partial charge in [0.1, 0.15) is 0 Å². The summed E-state index contributed by atoms with van der Waals surface area (Å²) in [4.78, 5) is 2.07. The van der Waals surface area contributed by atoms with Crippen LogP contribution in [-0.4, -0.2) is 17.1 Å². The van der Waals surface area contributed by atoms with Crippen LogP contribution in [0.15, 0.2) is 42.5 Å². The Balaban J connectivity index is 2.06. The summed E-state index contributed by atoms with van der Waals surface area (Å²) in [5.41, 5.74) is 6.10. The number of hydrogen-bond donors (Lipinski definition) is 1. The van der Waals surface area contributed by atoms with Crippen LogP contribution < -0.4 is 5.32 Å². The summed E-state index contributed by atoms with van der Waals surface area (Å²) in [6, 6.07) is 14.8. The minimum absolute atomic E-state index is 0.743. The smallest absolute Gasteiger partial charge is 0.173 e. The lowest BCUT2D eigenvalue weighted by atomic mass is 10.1. The molecule has 0 bridgehead atoms. The second-order valence-corrected chi connectivity index (χ2v) is 5.92. The molecule has 1 N–H and O–H groups in total. The van der Waals surface area contributed by atoms with Crippen molar-refractivity contribution in [2.24, 2.45) is 0 Å². The van der Waals surface area contributed by atoms with Crippen molar-refractivity contribution >= 4 is 23.0 Å². The van der Waals surface area contributed by atoms with Crippen molar-refractivity contribution in [3.8, 4) is 0 Å². The van der Waals surface area contributed by atoms with Crippen LogP contribution in [0.5, 0.6) is 0 Å². The molecule has 0 saturated heterocycles. The summed E-state index contributed by atoms with van der Waals surface area (Å²) in [5.74, 6) is 0. The lowest BCUT2D eigenvalue weighted by Crippen LogP contribution is -2.31. The number of nitrogens with zero attached hydrogens (tertiary/aromatic N) is 1. The average Bonchev–Trinajstić information content (AvgIpc) is 2.45. The van der Waals surface area contributed by atoms with Crippen LogP contribution >= 0.6 is 12.2 Å². The molecule has 110 valence electrons. The Morgan fingerprint density at radius 1 is 1.05 bits per heavy atom. The first kappa shape index (κ1) is 15.5. The van der Waals surface area contributed by atoms with Gasteiger partial charge in [0, 0.05) is 19.3 Å². The van der Waals surface area contributed by atoms with Crippen molar-refractivity contribution in [3.05, 3.63) is 64.7 Å². The predicted molar refractivity (Wildman–Crippen MR) is 94.8 cm³/mol. The predicted octanol–water partition coefficient (Wildman–Crippen LogP) is 4.44. The number of hydrogen-bond acceptors (Lipinski definition) is 1. The average molecular weight is 298 g/mol. The first-order valence-corrected chi connectivity index (χ1v) is 7.52. The molecule has 0 fully saturated rings. The third kappa shape index (κ3) is 4.05. The Kier molecular flexibility index (Phi) is 4.97. The number of rotatable bonds is 3. The SMILES string of the molecule is Cc1ccc(C)c(NC(=S)N(C)Cc2ccccc2C)c1. The maximum absolute atomic E-state index is 5.52. The summed E-state index contributed by atoms with van der Waals surface area (Å²) < 4.78 is 0. The molecular weight excluding hydrogens is 276 g/mol. The van der Waals surface area contributed by atoms with Crippen molar-refractivity contribution in [2.45, 2.75) is 27.3 Å². The standard InChI is InChI=1S/C18H22N2S/c1-13-9-10-15(3)17(11-13)19-18(21)20(4)12-16-8-6-5-7-14(16)2/h5-11H,12H2,1-4H3,(H,19,21). The number of aryl methyl sites for hydroxylation is 3. The fraction of sp³-hybridized carbons (Fsp3) is 0.278. The summed E-state index contributed by atoms with van der Waals surface area (Å²) in [7, 11) is 2.02. The van der Waals surface area contributed by atoms with Crippen molar-refractivity contribution in [2.75, 3.05) is 12.4 Å². The number of nitrogens with one attached hydrogen (secondary N) is 1. The zero-order valence-corrected chi connectivity index (χ0v) is 13.9. The van der Waals surface area contributed by atoms with Crippen LogP contribution in [0, 0.1) is 20.8 Å². The molecule has 0 spiro atoms. The summed E-state index contributed by atoms with van der Waals surface area (Å²) in [6.07, 6.45) is 0. The Bertz CT molecular complexity index is 649. The molecule has 2 rings (SSSR count). The van der Waals surface area contributed by atoms with E-state index in [1.54, 1.807) is 0 Å². The summed E-state index contributed by atoms with van der Waals surface area (Å²) in [5, 5.41) is 4.09. The molecule has 3 heteroatoms. The van der Waals surface area contributed by atoms with Crippen LogP contribution in [0.1, 0.15) is 22.3 Å². The van der Waals surface area contributed by atoms with E-state index >= 15 is 0 Å². The van der Waals surface area contributed by atoms with Crippen LogP contribution in [0.3, 0.4) is 0 Å². The first-order valence-electron chi connectivity index (χ1n) is 7.11. The van der Waals surface area contributed by atoms with E-state index < -0.39 is 0 Å². The summed E-state index contributed by atoms with van der Waals surface area (Å²) in [6.45, 7) is 7.12.